The molecule has 0 aromatic heterocycles. The maximum Gasteiger partial charge on any atom is 0.326 e. The average molecular weight is 256 g/mol. The number of hydrogen-bond donors (Lipinski definition) is 3. The molecule has 2 amide bonds. The number of urea groups is 1. The molecule has 0 aromatic rings. The minimum Gasteiger partial charge on any atom is -0.480 e. The third kappa shape index (κ3) is 4.20. The minimum absolute atomic E-state index is 0.128. The van der Waals surface area contributed by atoms with Crippen LogP contribution in [0.4, 0.5) is 4.79 Å². The molecule has 0 unspecified atom stereocenters. The molecule has 5 heteroatoms. The second kappa shape index (κ2) is 6.61. The normalized spacial score (nSPS) is 25.6. The van der Waals surface area contributed by atoms with E-state index in [9.17, 15) is 9.59 Å². The van der Waals surface area contributed by atoms with Gasteiger partial charge in [-0.15, -0.1) is 0 Å². The first kappa shape index (κ1) is 14.8. The molecule has 1 aliphatic carbocycles. The highest BCUT2D eigenvalue weighted by Gasteiger charge is 2.26. The van der Waals surface area contributed by atoms with E-state index >= 15 is 0 Å². The molecule has 5 nitrogen and oxygen atoms in total. The van der Waals surface area contributed by atoms with Crippen LogP contribution in [-0.4, -0.2) is 29.2 Å². The molecule has 0 aromatic carbocycles. The van der Waals surface area contributed by atoms with Crippen LogP contribution in [0.5, 0.6) is 0 Å². The molecule has 1 aliphatic rings. The summed E-state index contributed by atoms with van der Waals surface area (Å²) in [6.07, 6.45) is 4.44. The van der Waals surface area contributed by atoms with Crippen LogP contribution in [0.3, 0.4) is 0 Å². The number of carbonyl (C=O) groups is 2. The van der Waals surface area contributed by atoms with Crippen LogP contribution in [0.1, 0.15) is 46.5 Å². The molecular formula is C13H24N2O3. The number of carbonyl (C=O) groups excluding carboxylic acids is 1. The van der Waals surface area contributed by atoms with Crippen LogP contribution in [-0.2, 0) is 4.79 Å². The molecular weight excluding hydrogens is 232 g/mol. The Balaban J connectivity index is 2.47. The predicted molar refractivity (Wildman–Crippen MR) is 69.3 cm³/mol. The number of rotatable bonds is 4. The summed E-state index contributed by atoms with van der Waals surface area (Å²) in [5.74, 6) is -0.652. The van der Waals surface area contributed by atoms with Gasteiger partial charge in [0.15, 0.2) is 0 Å². The molecule has 0 radical (unpaired) electrons. The van der Waals surface area contributed by atoms with E-state index in [0.717, 1.165) is 19.3 Å². The Kier molecular flexibility index (Phi) is 5.44. The van der Waals surface area contributed by atoms with Gasteiger partial charge >= 0.3 is 12.0 Å². The molecule has 104 valence electrons. The zero-order valence-electron chi connectivity index (χ0n) is 11.4. The van der Waals surface area contributed by atoms with Crippen LogP contribution in [0.2, 0.25) is 0 Å². The van der Waals surface area contributed by atoms with Crippen LogP contribution >= 0.6 is 0 Å². The van der Waals surface area contributed by atoms with Gasteiger partial charge in [-0.05, 0) is 24.7 Å². The number of carboxylic acid groups (broad SMARTS) is 1. The molecule has 1 rings (SSSR count). The number of aliphatic carboxylic acids is 1. The standard InChI is InChI=1S/C13H24N2O3/c1-8(2)11(12(16)17)15-13(18)14-10-7-5-4-6-9(10)3/h8-11H,4-7H2,1-3H3,(H,16,17)(H2,14,15,18)/t9-,10-,11+/m1/s1. The molecule has 1 saturated carbocycles. The quantitative estimate of drug-likeness (QED) is 0.719. The fraction of sp³-hybridized carbons (Fsp3) is 0.846. The van der Waals surface area contributed by atoms with E-state index in [-0.39, 0.29) is 18.0 Å². The van der Waals surface area contributed by atoms with E-state index in [2.05, 4.69) is 17.6 Å². The predicted octanol–water partition coefficient (Wildman–Crippen LogP) is 1.97. The summed E-state index contributed by atoms with van der Waals surface area (Å²) in [5, 5.41) is 14.4. The smallest absolute Gasteiger partial charge is 0.326 e. The maximum absolute atomic E-state index is 11.8. The largest absolute Gasteiger partial charge is 0.480 e. The molecule has 0 bridgehead atoms. The first-order valence-corrected chi connectivity index (χ1v) is 6.71. The van der Waals surface area contributed by atoms with Crippen LogP contribution in [0, 0.1) is 11.8 Å². The zero-order valence-corrected chi connectivity index (χ0v) is 11.4. The maximum atomic E-state index is 11.8. The monoisotopic (exact) mass is 256 g/mol. The Hall–Kier alpha value is -1.26. The van der Waals surface area contributed by atoms with Gasteiger partial charge in [-0.3, -0.25) is 0 Å². The summed E-state index contributed by atoms with van der Waals surface area (Å²) in [7, 11) is 0. The summed E-state index contributed by atoms with van der Waals surface area (Å²) >= 11 is 0. The lowest BCUT2D eigenvalue weighted by Gasteiger charge is -2.30. The van der Waals surface area contributed by atoms with Crippen molar-refractivity contribution in [1.29, 1.82) is 0 Å². The summed E-state index contributed by atoms with van der Waals surface area (Å²) in [6, 6.07) is -1.03. The summed E-state index contributed by atoms with van der Waals surface area (Å²) < 4.78 is 0. The van der Waals surface area contributed by atoms with Gasteiger partial charge in [-0.25, -0.2) is 9.59 Å². The van der Waals surface area contributed by atoms with Crippen molar-refractivity contribution in [2.75, 3.05) is 0 Å². The van der Waals surface area contributed by atoms with Crippen molar-refractivity contribution in [2.24, 2.45) is 11.8 Å². The van der Waals surface area contributed by atoms with E-state index in [4.69, 9.17) is 5.11 Å². The van der Waals surface area contributed by atoms with Gasteiger partial charge < -0.3 is 15.7 Å². The van der Waals surface area contributed by atoms with Gasteiger partial charge in [0, 0.05) is 6.04 Å². The molecule has 0 saturated heterocycles. The Morgan fingerprint density at radius 1 is 1.22 bits per heavy atom. The first-order valence-electron chi connectivity index (χ1n) is 6.71. The molecule has 0 heterocycles. The van der Waals surface area contributed by atoms with Crippen LogP contribution in [0.15, 0.2) is 0 Å². The molecule has 0 aliphatic heterocycles. The minimum atomic E-state index is -0.989. The van der Waals surface area contributed by atoms with Crippen LogP contribution in [0.25, 0.3) is 0 Å². The number of carboxylic acids is 1. The second-order valence-electron chi connectivity index (χ2n) is 5.55. The molecule has 3 N–H and O–H groups in total. The van der Waals surface area contributed by atoms with Gasteiger partial charge in [0.2, 0.25) is 0 Å². The molecule has 1 fully saturated rings. The molecule has 0 spiro atoms. The lowest BCUT2D eigenvalue weighted by molar-refractivity contribution is -0.140. The Morgan fingerprint density at radius 3 is 2.33 bits per heavy atom. The van der Waals surface area contributed by atoms with Crippen molar-refractivity contribution in [3.8, 4) is 0 Å². The zero-order chi connectivity index (χ0) is 13.7. The number of amides is 2. The fourth-order valence-corrected chi connectivity index (χ4v) is 2.40. The van der Waals surface area contributed by atoms with Crippen molar-refractivity contribution < 1.29 is 14.7 Å². The SMILES string of the molecule is CC(C)[C@H](NC(=O)N[C@@H]1CCCC[C@H]1C)C(=O)O. The van der Waals surface area contributed by atoms with Crippen molar-refractivity contribution in [3.05, 3.63) is 0 Å². The Morgan fingerprint density at radius 2 is 1.83 bits per heavy atom. The fourth-order valence-electron chi connectivity index (χ4n) is 2.40. The summed E-state index contributed by atoms with van der Waals surface area (Å²) in [4.78, 5) is 22.8. The summed E-state index contributed by atoms with van der Waals surface area (Å²) in [5.41, 5.74) is 0. The Bertz CT molecular complexity index is 305. The van der Waals surface area contributed by atoms with E-state index < -0.39 is 12.0 Å². The topological polar surface area (TPSA) is 78.4 Å². The van der Waals surface area contributed by atoms with Crippen molar-refractivity contribution >= 4 is 12.0 Å². The Labute approximate surface area is 108 Å². The second-order valence-corrected chi connectivity index (χ2v) is 5.55. The van der Waals surface area contributed by atoms with Crippen molar-refractivity contribution in [2.45, 2.75) is 58.5 Å². The first-order chi connectivity index (χ1) is 8.41. The van der Waals surface area contributed by atoms with E-state index in [1.807, 2.05) is 0 Å². The highest BCUT2D eigenvalue weighted by Crippen LogP contribution is 2.23. The number of nitrogens with one attached hydrogen (secondary N) is 2. The van der Waals surface area contributed by atoms with Gasteiger partial charge in [0.25, 0.3) is 0 Å². The summed E-state index contributed by atoms with van der Waals surface area (Å²) in [6.45, 7) is 5.69. The molecule has 18 heavy (non-hydrogen) atoms. The van der Waals surface area contributed by atoms with Gasteiger partial charge in [0.05, 0.1) is 0 Å². The van der Waals surface area contributed by atoms with E-state index in [1.54, 1.807) is 13.8 Å². The van der Waals surface area contributed by atoms with Gasteiger partial charge in [-0.1, -0.05) is 33.6 Å². The molecule has 3 atom stereocenters. The van der Waals surface area contributed by atoms with Gasteiger partial charge in [0.1, 0.15) is 6.04 Å². The average Bonchev–Trinajstić information content (AvgIpc) is 2.28. The van der Waals surface area contributed by atoms with Crippen LogP contribution < -0.4 is 10.6 Å². The van der Waals surface area contributed by atoms with Crippen molar-refractivity contribution in [1.82, 2.24) is 10.6 Å². The van der Waals surface area contributed by atoms with Gasteiger partial charge in [-0.2, -0.15) is 0 Å². The van der Waals surface area contributed by atoms with E-state index in [0.29, 0.717) is 5.92 Å². The van der Waals surface area contributed by atoms with Crippen molar-refractivity contribution in [3.63, 3.8) is 0 Å². The number of hydrogen-bond acceptors (Lipinski definition) is 2. The highest BCUT2D eigenvalue weighted by atomic mass is 16.4. The third-order valence-corrected chi connectivity index (χ3v) is 3.65. The lowest BCUT2D eigenvalue weighted by atomic mass is 9.86. The highest BCUT2D eigenvalue weighted by molar-refractivity contribution is 5.82. The third-order valence-electron chi connectivity index (χ3n) is 3.65. The lowest BCUT2D eigenvalue weighted by Crippen LogP contribution is -2.52. The van der Waals surface area contributed by atoms with E-state index in [1.165, 1.54) is 6.42 Å².